The number of hydrogen-bond donors (Lipinski definition) is 2. The van der Waals surface area contributed by atoms with Gasteiger partial charge in [-0.05, 0) is 24.8 Å². The molecule has 4 rings (SSSR count). The first-order chi connectivity index (χ1) is 12.9. The molecule has 1 unspecified atom stereocenters. The van der Waals surface area contributed by atoms with Gasteiger partial charge in [0.2, 0.25) is 5.43 Å². The molecule has 27 heavy (non-hydrogen) atoms. The third-order valence-corrected chi connectivity index (χ3v) is 5.22. The number of nitrogens with zero attached hydrogens (tertiary/aromatic N) is 2. The maximum absolute atomic E-state index is 15.1. The highest BCUT2D eigenvalue weighted by Gasteiger charge is 2.32. The maximum atomic E-state index is 15.1. The van der Waals surface area contributed by atoms with Crippen LogP contribution in [0.1, 0.15) is 36.2 Å². The minimum absolute atomic E-state index is 0.0397. The lowest BCUT2D eigenvalue weighted by atomic mass is 10.1. The van der Waals surface area contributed by atoms with Gasteiger partial charge in [-0.25, -0.2) is 9.18 Å². The molecule has 0 spiro atoms. The molecular weight excluding hydrogens is 353 g/mol. The summed E-state index contributed by atoms with van der Waals surface area (Å²) in [6.07, 6.45) is 3.14. The number of pyridine rings is 1. The molecule has 144 valence electrons. The van der Waals surface area contributed by atoms with Crippen LogP contribution in [0.3, 0.4) is 0 Å². The van der Waals surface area contributed by atoms with Crippen molar-refractivity contribution in [3.63, 3.8) is 0 Å². The van der Waals surface area contributed by atoms with Crippen molar-refractivity contribution in [3.05, 3.63) is 33.9 Å². The Morgan fingerprint density at radius 2 is 2.15 bits per heavy atom. The van der Waals surface area contributed by atoms with Gasteiger partial charge in [0, 0.05) is 25.3 Å². The first-order valence-corrected chi connectivity index (χ1v) is 9.06. The smallest absolute Gasteiger partial charge is 0.341 e. The number of nitrogens with one attached hydrogen (secondary N) is 1. The third-order valence-electron chi connectivity index (χ3n) is 5.22. The number of ether oxygens (including phenoxy) is 1. The van der Waals surface area contributed by atoms with Gasteiger partial charge in [-0.15, -0.1) is 0 Å². The number of carboxylic acid groups (broad SMARTS) is 1. The van der Waals surface area contributed by atoms with Crippen molar-refractivity contribution in [3.8, 4) is 5.75 Å². The van der Waals surface area contributed by atoms with E-state index in [4.69, 9.17) is 4.74 Å². The number of fused-ring (bicyclic) bond motifs is 1. The Kier molecular flexibility index (Phi) is 4.30. The SMILES string of the molecule is COc1c(N2CNCC(C)C2)c(F)cc2c(=O)c(C(=O)O)cn(C3CC3)c12. The number of aromatic carboxylic acids is 1. The van der Waals surface area contributed by atoms with Gasteiger partial charge in [0.1, 0.15) is 11.3 Å². The minimum Gasteiger partial charge on any atom is -0.492 e. The minimum atomic E-state index is -1.31. The van der Waals surface area contributed by atoms with E-state index in [-0.39, 0.29) is 22.7 Å². The molecule has 0 radical (unpaired) electrons. The molecule has 2 aliphatic rings. The van der Waals surface area contributed by atoms with Gasteiger partial charge in [-0.3, -0.25) is 10.1 Å². The van der Waals surface area contributed by atoms with E-state index in [0.717, 1.165) is 25.5 Å². The fourth-order valence-corrected chi connectivity index (χ4v) is 3.85. The van der Waals surface area contributed by atoms with Crippen LogP contribution in [-0.2, 0) is 0 Å². The summed E-state index contributed by atoms with van der Waals surface area (Å²) >= 11 is 0. The topological polar surface area (TPSA) is 83.8 Å². The summed E-state index contributed by atoms with van der Waals surface area (Å²) in [4.78, 5) is 26.0. The molecular formula is C19H22FN3O4. The molecule has 7 nitrogen and oxygen atoms in total. The Balaban J connectivity index is 2.03. The second-order valence-corrected chi connectivity index (χ2v) is 7.39. The van der Waals surface area contributed by atoms with E-state index in [9.17, 15) is 14.7 Å². The molecule has 1 aromatic carbocycles. The van der Waals surface area contributed by atoms with E-state index in [1.165, 1.54) is 13.3 Å². The van der Waals surface area contributed by atoms with Crippen LogP contribution in [0.15, 0.2) is 17.1 Å². The van der Waals surface area contributed by atoms with Crippen LogP contribution in [0.4, 0.5) is 10.1 Å². The fourth-order valence-electron chi connectivity index (χ4n) is 3.85. The molecule has 0 bridgehead atoms. The fraction of sp³-hybridized carbons (Fsp3) is 0.474. The Morgan fingerprint density at radius 3 is 2.74 bits per heavy atom. The number of anilines is 1. The summed E-state index contributed by atoms with van der Waals surface area (Å²) in [5.74, 6) is -1.29. The first kappa shape index (κ1) is 17.8. The van der Waals surface area contributed by atoms with Crippen molar-refractivity contribution in [2.75, 3.05) is 31.8 Å². The summed E-state index contributed by atoms with van der Waals surface area (Å²) in [7, 11) is 1.45. The largest absolute Gasteiger partial charge is 0.492 e. The van der Waals surface area contributed by atoms with Gasteiger partial charge in [-0.2, -0.15) is 0 Å². The van der Waals surface area contributed by atoms with Gasteiger partial charge in [0.15, 0.2) is 11.6 Å². The number of carbonyl (C=O) groups is 1. The van der Waals surface area contributed by atoms with Gasteiger partial charge in [0.25, 0.3) is 0 Å². The van der Waals surface area contributed by atoms with E-state index in [0.29, 0.717) is 30.3 Å². The predicted octanol–water partition coefficient (Wildman–Crippen LogP) is 2.19. The quantitative estimate of drug-likeness (QED) is 0.852. The van der Waals surface area contributed by atoms with Crippen LogP contribution in [0.5, 0.6) is 5.75 Å². The Morgan fingerprint density at radius 1 is 1.41 bits per heavy atom. The highest BCUT2D eigenvalue weighted by atomic mass is 19.1. The molecule has 1 aliphatic heterocycles. The van der Waals surface area contributed by atoms with Crippen molar-refractivity contribution >= 4 is 22.6 Å². The maximum Gasteiger partial charge on any atom is 0.341 e. The van der Waals surface area contributed by atoms with E-state index in [2.05, 4.69) is 12.2 Å². The number of aromatic nitrogens is 1. The highest BCUT2D eigenvalue weighted by molar-refractivity contribution is 5.97. The molecule has 2 fully saturated rings. The molecule has 2 N–H and O–H groups in total. The normalized spacial score (nSPS) is 20.1. The van der Waals surface area contributed by atoms with Crippen LogP contribution < -0.4 is 20.4 Å². The van der Waals surface area contributed by atoms with Crippen molar-refractivity contribution < 1.29 is 19.0 Å². The third kappa shape index (κ3) is 2.93. The standard InChI is InChI=1S/C19H22FN3O4/c1-10-6-21-9-22(7-10)16-14(20)5-12-15(18(16)27-2)23(11-3-4-11)8-13(17(12)24)19(25)26/h5,8,10-11,21H,3-4,6-7,9H2,1-2H3,(H,25,26). The molecule has 1 saturated heterocycles. The first-order valence-electron chi connectivity index (χ1n) is 9.06. The lowest BCUT2D eigenvalue weighted by Crippen LogP contribution is -2.46. The van der Waals surface area contributed by atoms with Gasteiger partial charge < -0.3 is 19.3 Å². The van der Waals surface area contributed by atoms with Gasteiger partial charge in [-0.1, -0.05) is 6.92 Å². The summed E-state index contributed by atoms with van der Waals surface area (Å²) in [6, 6.07) is 1.25. The number of carboxylic acids is 1. The highest BCUT2D eigenvalue weighted by Crippen LogP contribution is 2.43. The lowest BCUT2D eigenvalue weighted by molar-refractivity contribution is 0.0695. The van der Waals surface area contributed by atoms with Crippen molar-refractivity contribution in [2.45, 2.75) is 25.8 Å². The Hall–Kier alpha value is -2.61. The molecule has 8 heteroatoms. The monoisotopic (exact) mass is 375 g/mol. The molecule has 2 aromatic rings. The summed E-state index contributed by atoms with van der Waals surface area (Å²) in [6.45, 7) is 4.06. The average molecular weight is 375 g/mol. The zero-order valence-corrected chi connectivity index (χ0v) is 15.3. The number of methoxy groups -OCH3 is 1. The van der Waals surface area contributed by atoms with Crippen molar-refractivity contribution in [1.82, 2.24) is 9.88 Å². The molecule has 0 amide bonds. The van der Waals surface area contributed by atoms with Crippen LogP contribution in [0.2, 0.25) is 0 Å². The molecule has 2 heterocycles. The van der Waals surface area contributed by atoms with Crippen LogP contribution in [-0.4, -0.2) is 42.5 Å². The summed E-state index contributed by atoms with van der Waals surface area (Å²) in [5.41, 5.74) is -0.272. The van der Waals surface area contributed by atoms with Crippen molar-refractivity contribution in [2.24, 2.45) is 5.92 Å². The van der Waals surface area contributed by atoms with Crippen molar-refractivity contribution in [1.29, 1.82) is 0 Å². The second-order valence-electron chi connectivity index (χ2n) is 7.39. The Bertz CT molecular complexity index is 983. The predicted molar refractivity (Wildman–Crippen MR) is 99.3 cm³/mol. The van der Waals surface area contributed by atoms with E-state index >= 15 is 4.39 Å². The summed E-state index contributed by atoms with van der Waals surface area (Å²) < 4.78 is 22.4. The number of rotatable bonds is 4. The molecule has 1 aliphatic carbocycles. The number of halogens is 1. The van der Waals surface area contributed by atoms with Gasteiger partial charge in [0.05, 0.1) is 24.7 Å². The molecule has 1 saturated carbocycles. The summed E-state index contributed by atoms with van der Waals surface area (Å²) in [5, 5.41) is 12.7. The van der Waals surface area contributed by atoms with E-state index in [1.54, 1.807) is 4.57 Å². The molecule has 1 aromatic heterocycles. The van der Waals surface area contributed by atoms with E-state index < -0.39 is 17.2 Å². The van der Waals surface area contributed by atoms with Crippen LogP contribution in [0, 0.1) is 11.7 Å². The lowest BCUT2D eigenvalue weighted by Gasteiger charge is -2.34. The van der Waals surface area contributed by atoms with Crippen LogP contribution in [0.25, 0.3) is 10.9 Å². The second kappa shape index (κ2) is 6.53. The number of hydrogen-bond acceptors (Lipinski definition) is 5. The Labute approximate surface area is 155 Å². The van der Waals surface area contributed by atoms with Crippen LogP contribution >= 0.6 is 0 Å². The van der Waals surface area contributed by atoms with Gasteiger partial charge >= 0.3 is 5.97 Å². The zero-order valence-electron chi connectivity index (χ0n) is 15.3. The number of benzene rings is 1. The van der Waals surface area contributed by atoms with E-state index in [1.807, 2.05) is 4.90 Å². The molecule has 1 atom stereocenters. The average Bonchev–Trinajstić information content (AvgIpc) is 3.46. The zero-order chi connectivity index (χ0) is 19.3.